The van der Waals surface area contributed by atoms with Crippen LogP contribution >= 0.6 is 0 Å². The molecule has 1 amide bonds. The van der Waals surface area contributed by atoms with Gasteiger partial charge in [-0.3, -0.25) is 4.79 Å². The predicted molar refractivity (Wildman–Crippen MR) is 51.9 cm³/mol. The van der Waals surface area contributed by atoms with E-state index < -0.39 is 24.0 Å². The van der Waals surface area contributed by atoms with Crippen molar-refractivity contribution in [2.45, 2.75) is 12.1 Å². The van der Waals surface area contributed by atoms with Gasteiger partial charge in [-0.2, -0.15) is 0 Å². The van der Waals surface area contributed by atoms with Gasteiger partial charge in [0.05, 0.1) is 0 Å². The van der Waals surface area contributed by atoms with Crippen molar-refractivity contribution in [2.75, 3.05) is 0 Å². The molecule has 15 heavy (non-hydrogen) atoms. The third-order valence-electron chi connectivity index (χ3n) is 2.46. The van der Waals surface area contributed by atoms with Crippen molar-refractivity contribution in [1.82, 2.24) is 5.32 Å². The molecule has 2 atom stereocenters. The minimum Gasteiger partial charge on any atom is -0.479 e. The molecule has 1 aliphatic rings. The van der Waals surface area contributed by atoms with Gasteiger partial charge in [-0.25, -0.2) is 4.79 Å². The van der Waals surface area contributed by atoms with Crippen LogP contribution in [0, 0.1) is 0 Å². The molecular weight excluding hydrogens is 196 g/mol. The molecule has 0 radical (unpaired) electrons. The molecule has 1 aliphatic heterocycles. The van der Waals surface area contributed by atoms with Gasteiger partial charge in [0.2, 0.25) is 5.91 Å². The number of fused-ring (bicyclic) bond motifs is 1. The highest BCUT2D eigenvalue weighted by molar-refractivity contribution is 5.91. The van der Waals surface area contributed by atoms with Gasteiger partial charge >= 0.3 is 5.97 Å². The SMILES string of the molecule is N[C@@H]1C(=O)N[C@@H](C(=O)O)c2ccccc21. The molecule has 0 saturated carbocycles. The second-order valence-electron chi connectivity index (χ2n) is 3.39. The van der Waals surface area contributed by atoms with Crippen molar-refractivity contribution in [3.63, 3.8) is 0 Å². The summed E-state index contributed by atoms with van der Waals surface area (Å²) in [6.45, 7) is 0. The van der Waals surface area contributed by atoms with Crippen molar-refractivity contribution in [3.8, 4) is 0 Å². The summed E-state index contributed by atoms with van der Waals surface area (Å²) < 4.78 is 0. The second kappa shape index (κ2) is 3.36. The summed E-state index contributed by atoms with van der Waals surface area (Å²) in [5.41, 5.74) is 6.78. The predicted octanol–water partition coefficient (Wildman–Crippen LogP) is -0.0581. The summed E-state index contributed by atoms with van der Waals surface area (Å²) >= 11 is 0. The zero-order valence-electron chi connectivity index (χ0n) is 7.81. The van der Waals surface area contributed by atoms with Gasteiger partial charge in [0.15, 0.2) is 6.04 Å². The molecule has 0 aliphatic carbocycles. The number of hydrogen-bond donors (Lipinski definition) is 3. The Labute approximate surface area is 85.9 Å². The first kappa shape index (κ1) is 9.67. The highest BCUT2D eigenvalue weighted by Gasteiger charge is 2.34. The number of carboxylic acid groups (broad SMARTS) is 1. The Balaban J connectivity index is 2.54. The van der Waals surface area contributed by atoms with E-state index in [2.05, 4.69) is 5.32 Å². The van der Waals surface area contributed by atoms with Gasteiger partial charge in [0.1, 0.15) is 6.04 Å². The van der Waals surface area contributed by atoms with E-state index in [9.17, 15) is 9.59 Å². The van der Waals surface area contributed by atoms with E-state index in [1.54, 1.807) is 24.3 Å². The Bertz CT molecular complexity index is 430. The Morgan fingerprint density at radius 2 is 1.93 bits per heavy atom. The molecule has 0 unspecified atom stereocenters. The maximum absolute atomic E-state index is 11.4. The summed E-state index contributed by atoms with van der Waals surface area (Å²) in [5.74, 6) is -1.54. The topological polar surface area (TPSA) is 92.4 Å². The molecule has 1 aromatic carbocycles. The van der Waals surface area contributed by atoms with Crippen LogP contribution in [0.25, 0.3) is 0 Å². The molecule has 0 spiro atoms. The van der Waals surface area contributed by atoms with Crippen LogP contribution in [0.5, 0.6) is 0 Å². The van der Waals surface area contributed by atoms with Gasteiger partial charge < -0.3 is 16.2 Å². The maximum atomic E-state index is 11.4. The minimum atomic E-state index is -1.08. The average Bonchev–Trinajstić information content (AvgIpc) is 2.23. The zero-order chi connectivity index (χ0) is 11.0. The third-order valence-corrected chi connectivity index (χ3v) is 2.46. The summed E-state index contributed by atoms with van der Waals surface area (Å²) in [7, 11) is 0. The molecule has 4 N–H and O–H groups in total. The van der Waals surface area contributed by atoms with Crippen LogP contribution in [0.3, 0.4) is 0 Å². The lowest BCUT2D eigenvalue weighted by molar-refractivity contribution is -0.142. The van der Waals surface area contributed by atoms with Crippen LogP contribution in [0.15, 0.2) is 24.3 Å². The largest absolute Gasteiger partial charge is 0.479 e. The lowest BCUT2D eigenvalue weighted by Crippen LogP contribution is -2.44. The lowest BCUT2D eigenvalue weighted by Gasteiger charge is -2.27. The first-order valence-electron chi connectivity index (χ1n) is 4.49. The second-order valence-corrected chi connectivity index (χ2v) is 3.39. The summed E-state index contributed by atoms with van der Waals surface area (Å²) in [4.78, 5) is 22.3. The average molecular weight is 206 g/mol. The number of benzene rings is 1. The highest BCUT2D eigenvalue weighted by atomic mass is 16.4. The number of amides is 1. The van der Waals surface area contributed by atoms with E-state index in [1.807, 2.05) is 0 Å². The molecular formula is C10H10N2O3. The van der Waals surface area contributed by atoms with Gasteiger partial charge in [-0.15, -0.1) is 0 Å². The molecule has 2 rings (SSSR count). The molecule has 0 fully saturated rings. The lowest BCUT2D eigenvalue weighted by atomic mass is 9.91. The van der Waals surface area contributed by atoms with Crippen LogP contribution in [0.4, 0.5) is 0 Å². The molecule has 5 heteroatoms. The van der Waals surface area contributed by atoms with Crippen molar-refractivity contribution < 1.29 is 14.7 Å². The normalized spacial score (nSPS) is 24.2. The van der Waals surface area contributed by atoms with E-state index in [0.717, 1.165) is 0 Å². The fraction of sp³-hybridized carbons (Fsp3) is 0.200. The molecule has 0 bridgehead atoms. The van der Waals surface area contributed by atoms with Gasteiger partial charge in [-0.05, 0) is 11.1 Å². The minimum absolute atomic E-state index is 0.457. The monoisotopic (exact) mass is 206 g/mol. The number of aliphatic carboxylic acids is 1. The third kappa shape index (κ3) is 1.46. The molecule has 1 heterocycles. The molecule has 1 aromatic rings. The zero-order valence-corrected chi connectivity index (χ0v) is 7.81. The van der Waals surface area contributed by atoms with Gasteiger partial charge in [0.25, 0.3) is 0 Å². The first-order valence-corrected chi connectivity index (χ1v) is 4.49. The van der Waals surface area contributed by atoms with Crippen molar-refractivity contribution in [1.29, 1.82) is 0 Å². The fourth-order valence-corrected chi connectivity index (χ4v) is 1.70. The summed E-state index contributed by atoms with van der Waals surface area (Å²) in [6, 6.07) is 5.02. The summed E-state index contributed by atoms with van der Waals surface area (Å²) in [6.07, 6.45) is 0. The van der Waals surface area contributed by atoms with E-state index in [1.165, 1.54) is 0 Å². The number of nitrogens with two attached hydrogens (primary N) is 1. The maximum Gasteiger partial charge on any atom is 0.330 e. The number of carbonyl (C=O) groups is 2. The molecule has 78 valence electrons. The van der Waals surface area contributed by atoms with Crippen molar-refractivity contribution in [2.24, 2.45) is 5.73 Å². The van der Waals surface area contributed by atoms with Crippen LogP contribution in [0.1, 0.15) is 23.2 Å². The number of carboxylic acids is 1. The smallest absolute Gasteiger partial charge is 0.330 e. The van der Waals surface area contributed by atoms with E-state index in [4.69, 9.17) is 10.8 Å². The van der Waals surface area contributed by atoms with Gasteiger partial charge in [0, 0.05) is 0 Å². The van der Waals surface area contributed by atoms with Crippen LogP contribution in [-0.4, -0.2) is 17.0 Å². The van der Waals surface area contributed by atoms with Crippen LogP contribution in [0.2, 0.25) is 0 Å². The highest BCUT2D eigenvalue weighted by Crippen LogP contribution is 2.27. The van der Waals surface area contributed by atoms with Crippen LogP contribution < -0.4 is 11.1 Å². The molecule has 5 nitrogen and oxygen atoms in total. The van der Waals surface area contributed by atoms with E-state index in [0.29, 0.717) is 11.1 Å². The quantitative estimate of drug-likeness (QED) is 0.600. The number of carbonyl (C=O) groups excluding carboxylic acids is 1. The Kier molecular flexibility index (Phi) is 2.17. The molecule has 0 aromatic heterocycles. The van der Waals surface area contributed by atoms with Gasteiger partial charge in [-0.1, -0.05) is 24.3 Å². The summed E-state index contributed by atoms with van der Waals surface area (Å²) in [5, 5.41) is 11.3. The number of hydrogen-bond acceptors (Lipinski definition) is 3. The molecule has 0 saturated heterocycles. The Morgan fingerprint density at radius 1 is 1.33 bits per heavy atom. The van der Waals surface area contributed by atoms with E-state index in [-0.39, 0.29) is 0 Å². The Morgan fingerprint density at radius 3 is 2.53 bits per heavy atom. The first-order chi connectivity index (χ1) is 7.11. The van der Waals surface area contributed by atoms with Crippen molar-refractivity contribution >= 4 is 11.9 Å². The fourth-order valence-electron chi connectivity index (χ4n) is 1.70. The Hall–Kier alpha value is -1.88. The van der Waals surface area contributed by atoms with Crippen molar-refractivity contribution in [3.05, 3.63) is 35.4 Å². The van der Waals surface area contributed by atoms with E-state index >= 15 is 0 Å². The van der Waals surface area contributed by atoms with Crippen LogP contribution in [-0.2, 0) is 9.59 Å². The standard InChI is InChI=1S/C10H10N2O3/c11-7-5-3-1-2-4-6(5)8(10(14)15)12-9(7)13/h1-4,7-8H,11H2,(H,12,13)(H,14,15)/t7-,8+/m0/s1. The number of rotatable bonds is 1. The number of nitrogens with one attached hydrogen (secondary N) is 1.